The van der Waals surface area contributed by atoms with Crippen molar-refractivity contribution in [3.8, 4) is 0 Å². The molecule has 0 aromatic heterocycles. The molecule has 0 radical (unpaired) electrons. The van der Waals surface area contributed by atoms with Gasteiger partial charge in [-0.1, -0.05) is 30.3 Å². The van der Waals surface area contributed by atoms with Gasteiger partial charge >= 0.3 is 0 Å². The number of fused-ring (bicyclic) bond motifs is 1. The van der Waals surface area contributed by atoms with Crippen LogP contribution in [-0.2, 0) is 16.3 Å². The molecule has 4 nitrogen and oxygen atoms in total. The van der Waals surface area contributed by atoms with Crippen molar-refractivity contribution >= 4 is 15.7 Å². The van der Waals surface area contributed by atoms with Crippen LogP contribution in [0.3, 0.4) is 0 Å². The van der Waals surface area contributed by atoms with E-state index in [1.807, 2.05) is 19.1 Å². The van der Waals surface area contributed by atoms with Gasteiger partial charge < -0.3 is 5.32 Å². The number of aryl methyl sites for hydroxylation is 2. The van der Waals surface area contributed by atoms with Gasteiger partial charge in [-0.05, 0) is 55.0 Å². The number of nitrogens with one attached hydrogen (secondary N) is 1. The van der Waals surface area contributed by atoms with Gasteiger partial charge in [-0.3, -0.25) is 4.79 Å². The van der Waals surface area contributed by atoms with Gasteiger partial charge in [0, 0.05) is 11.8 Å². The molecular weight excluding hydrogens is 322 g/mol. The molecule has 5 heteroatoms. The molecule has 126 valence electrons. The van der Waals surface area contributed by atoms with E-state index >= 15 is 0 Å². The smallest absolute Gasteiger partial charge is 0.252 e. The van der Waals surface area contributed by atoms with Crippen molar-refractivity contribution in [2.75, 3.05) is 6.26 Å². The van der Waals surface area contributed by atoms with Crippen molar-refractivity contribution in [1.82, 2.24) is 5.32 Å². The number of amides is 1. The molecule has 1 unspecified atom stereocenters. The number of hydrogen-bond acceptors (Lipinski definition) is 3. The largest absolute Gasteiger partial charge is 0.345 e. The molecule has 3 rings (SSSR count). The Morgan fingerprint density at radius 2 is 1.92 bits per heavy atom. The van der Waals surface area contributed by atoms with E-state index in [-0.39, 0.29) is 16.8 Å². The fourth-order valence-electron chi connectivity index (χ4n) is 3.22. The molecule has 0 aliphatic heterocycles. The number of hydrogen-bond donors (Lipinski definition) is 1. The maximum atomic E-state index is 12.7. The highest BCUT2D eigenvalue weighted by molar-refractivity contribution is 7.90. The fraction of sp³-hybridized carbons (Fsp3) is 0.316. The third kappa shape index (κ3) is 3.36. The Kier molecular flexibility index (Phi) is 4.45. The molecule has 1 aliphatic carbocycles. The van der Waals surface area contributed by atoms with Gasteiger partial charge in [-0.2, -0.15) is 0 Å². The highest BCUT2D eigenvalue weighted by Crippen LogP contribution is 2.30. The summed E-state index contributed by atoms with van der Waals surface area (Å²) >= 11 is 0. The number of sulfone groups is 1. The molecule has 0 bridgehead atoms. The van der Waals surface area contributed by atoms with Crippen LogP contribution < -0.4 is 5.32 Å². The molecule has 1 atom stereocenters. The van der Waals surface area contributed by atoms with Crippen LogP contribution in [0.4, 0.5) is 0 Å². The summed E-state index contributed by atoms with van der Waals surface area (Å²) < 4.78 is 23.5. The average molecular weight is 343 g/mol. The molecule has 0 saturated carbocycles. The third-order valence-electron chi connectivity index (χ3n) is 4.56. The van der Waals surface area contributed by atoms with Crippen LogP contribution >= 0.6 is 0 Å². The summed E-state index contributed by atoms with van der Waals surface area (Å²) in [7, 11) is -3.34. The van der Waals surface area contributed by atoms with Gasteiger partial charge in [0.05, 0.1) is 10.9 Å². The molecule has 2 aromatic carbocycles. The highest BCUT2D eigenvalue weighted by atomic mass is 32.2. The molecule has 1 N–H and O–H groups in total. The lowest BCUT2D eigenvalue weighted by atomic mass is 9.87. The van der Waals surface area contributed by atoms with Crippen LogP contribution in [0.2, 0.25) is 0 Å². The van der Waals surface area contributed by atoms with E-state index < -0.39 is 9.84 Å². The average Bonchev–Trinajstić information content (AvgIpc) is 2.54. The minimum Gasteiger partial charge on any atom is -0.345 e. The Hall–Kier alpha value is -2.14. The zero-order valence-electron chi connectivity index (χ0n) is 13.9. The summed E-state index contributed by atoms with van der Waals surface area (Å²) in [6.45, 7) is 1.82. The molecule has 1 amide bonds. The molecule has 0 heterocycles. The lowest BCUT2D eigenvalue weighted by Crippen LogP contribution is -2.31. The normalized spacial score (nSPS) is 17.2. The van der Waals surface area contributed by atoms with Crippen molar-refractivity contribution in [3.05, 3.63) is 64.7 Å². The van der Waals surface area contributed by atoms with Gasteiger partial charge in [-0.15, -0.1) is 0 Å². The maximum absolute atomic E-state index is 12.7. The quantitative estimate of drug-likeness (QED) is 0.931. The van der Waals surface area contributed by atoms with Gasteiger partial charge in [0.1, 0.15) is 0 Å². The molecule has 1 aliphatic rings. The second-order valence-corrected chi connectivity index (χ2v) is 8.38. The zero-order valence-corrected chi connectivity index (χ0v) is 14.7. The molecule has 0 spiro atoms. The molecule has 24 heavy (non-hydrogen) atoms. The van der Waals surface area contributed by atoms with Gasteiger partial charge in [0.2, 0.25) is 0 Å². The Balaban J connectivity index is 1.89. The molecule has 2 aromatic rings. The standard InChI is InChI=1S/C19H21NO3S/c1-13-10-11-15(24(2,22)23)12-17(13)19(21)20-18-9-5-7-14-6-3-4-8-16(14)18/h3-4,6,8,10-12,18H,5,7,9H2,1-2H3,(H,20,21). The zero-order chi connectivity index (χ0) is 17.3. The molecule has 0 saturated heterocycles. The summed E-state index contributed by atoms with van der Waals surface area (Å²) in [5.74, 6) is -0.222. The van der Waals surface area contributed by atoms with Crippen LogP contribution in [0.5, 0.6) is 0 Å². The number of benzene rings is 2. The highest BCUT2D eigenvalue weighted by Gasteiger charge is 2.23. The van der Waals surface area contributed by atoms with Crippen molar-refractivity contribution in [1.29, 1.82) is 0 Å². The van der Waals surface area contributed by atoms with Crippen molar-refractivity contribution < 1.29 is 13.2 Å². The van der Waals surface area contributed by atoms with E-state index in [1.165, 1.54) is 17.7 Å². The van der Waals surface area contributed by atoms with Crippen LogP contribution in [0.25, 0.3) is 0 Å². The Bertz CT molecular complexity index is 887. The van der Waals surface area contributed by atoms with Gasteiger partial charge in [0.15, 0.2) is 9.84 Å². The Labute approximate surface area is 142 Å². The monoisotopic (exact) mass is 343 g/mol. The van der Waals surface area contributed by atoms with E-state index in [0.717, 1.165) is 36.6 Å². The summed E-state index contributed by atoms with van der Waals surface area (Å²) in [6, 6.07) is 12.8. The van der Waals surface area contributed by atoms with Crippen molar-refractivity contribution in [2.24, 2.45) is 0 Å². The summed E-state index contributed by atoms with van der Waals surface area (Å²) in [5, 5.41) is 3.08. The van der Waals surface area contributed by atoms with Crippen LogP contribution in [0.1, 0.15) is 45.9 Å². The Morgan fingerprint density at radius 3 is 2.67 bits per heavy atom. The van der Waals surface area contributed by atoms with Crippen LogP contribution in [0.15, 0.2) is 47.4 Å². The second kappa shape index (κ2) is 6.40. The van der Waals surface area contributed by atoms with Crippen LogP contribution in [-0.4, -0.2) is 20.6 Å². The predicted molar refractivity (Wildman–Crippen MR) is 93.9 cm³/mol. The predicted octanol–water partition coefficient (Wildman–Crippen LogP) is 3.21. The van der Waals surface area contributed by atoms with E-state index in [9.17, 15) is 13.2 Å². The maximum Gasteiger partial charge on any atom is 0.252 e. The molecule has 0 fully saturated rings. The van der Waals surface area contributed by atoms with E-state index in [0.29, 0.717) is 5.56 Å². The summed E-state index contributed by atoms with van der Waals surface area (Å²) in [6.07, 6.45) is 4.11. The first kappa shape index (κ1) is 16.7. The van der Waals surface area contributed by atoms with E-state index in [1.54, 1.807) is 6.07 Å². The number of carbonyl (C=O) groups is 1. The first-order valence-electron chi connectivity index (χ1n) is 8.05. The van der Waals surface area contributed by atoms with Crippen LogP contribution in [0, 0.1) is 6.92 Å². The summed E-state index contributed by atoms with van der Waals surface area (Å²) in [4.78, 5) is 12.9. The van der Waals surface area contributed by atoms with E-state index in [2.05, 4.69) is 17.4 Å². The molecular formula is C19H21NO3S. The first-order valence-corrected chi connectivity index (χ1v) is 9.95. The summed E-state index contributed by atoms with van der Waals surface area (Å²) in [5.41, 5.74) is 3.62. The third-order valence-corrected chi connectivity index (χ3v) is 5.67. The van der Waals surface area contributed by atoms with Crippen molar-refractivity contribution in [2.45, 2.75) is 37.1 Å². The van der Waals surface area contributed by atoms with Gasteiger partial charge in [-0.25, -0.2) is 8.42 Å². The SMILES string of the molecule is Cc1ccc(S(C)(=O)=O)cc1C(=O)NC1CCCc2ccccc21. The number of rotatable bonds is 3. The van der Waals surface area contributed by atoms with Gasteiger partial charge in [0.25, 0.3) is 5.91 Å². The van der Waals surface area contributed by atoms with Crippen molar-refractivity contribution in [3.63, 3.8) is 0 Å². The minimum absolute atomic E-state index is 0.0243. The second-order valence-electron chi connectivity index (χ2n) is 6.37. The topological polar surface area (TPSA) is 63.2 Å². The number of carbonyl (C=O) groups excluding carboxylic acids is 1. The lowest BCUT2D eigenvalue weighted by molar-refractivity contribution is 0.0932. The Morgan fingerprint density at radius 1 is 1.17 bits per heavy atom. The first-order chi connectivity index (χ1) is 11.4. The lowest BCUT2D eigenvalue weighted by Gasteiger charge is -2.26. The fourth-order valence-corrected chi connectivity index (χ4v) is 3.86. The van der Waals surface area contributed by atoms with E-state index in [4.69, 9.17) is 0 Å². The minimum atomic E-state index is -3.34.